The molecule has 0 saturated carbocycles. The van der Waals surface area contributed by atoms with Crippen LogP contribution in [0.4, 0.5) is 25.0 Å². The fraction of sp³-hybridized carbons (Fsp3) is 0.231. The van der Waals surface area contributed by atoms with E-state index in [9.17, 15) is 33.1 Å². The average Bonchev–Trinajstić information content (AvgIpc) is 3.51. The summed E-state index contributed by atoms with van der Waals surface area (Å²) in [5.74, 6) is -4.84. The molecule has 0 radical (unpaired) electrons. The van der Waals surface area contributed by atoms with E-state index in [0.29, 0.717) is 24.0 Å². The molecular formula is C26H24F2N4O5S. The maximum atomic E-state index is 13.7. The lowest BCUT2D eigenvalue weighted by Crippen LogP contribution is -2.36. The molecule has 4 N–H and O–H groups in total. The van der Waals surface area contributed by atoms with Crippen molar-refractivity contribution in [2.24, 2.45) is 5.92 Å². The number of nitrogens with zero attached hydrogens (tertiary/aromatic N) is 1. The van der Waals surface area contributed by atoms with Crippen LogP contribution in [0.1, 0.15) is 29.3 Å². The summed E-state index contributed by atoms with van der Waals surface area (Å²) in [7, 11) is 0. The predicted octanol–water partition coefficient (Wildman–Crippen LogP) is 4.03. The van der Waals surface area contributed by atoms with Crippen molar-refractivity contribution < 1.29 is 33.1 Å². The predicted molar refractivity (Wildman–Crippen MR) is 137 cm³/mol. The molecule has 0 aliphatic carbocycles. The van der Waals surface area contributed by atoms with E-state index >= 15 is 0 Å². The number of nitrogens with one attached hydrogen (secondary N) is 3. The van der Waals surface area contributed by atoms with Gasteiger partial charge < -0.3 is 26.0 Å². The minimum Gasteiger partial charge on any atom is -0.481 e. The van der Waals surface area contributed by atoms with Gasteiger partial charge in [-0.3, -0.25) is 14.4 Å². The number of benzene rings is 2. The van der Waals surface area contributed by atoms with Crippen LogP contribution in [0, 0.1) is 17.6 Å². The third-order valence-electron chi connectivity index (χ3n) is 5.90. The molecule has 0 spiro atoms. The molecule has 2 unspecified atom stereocenters. The van der Waals surface area contributed by atoms with Gasteiger partial charge in [0.25, 0.3) is 0 Å². The monoisotopic (exact) mass is 542 g/mol. The third kappa shape index (κ3) is 6.91. The van der Waals surface area contributed by atoms with Gasteiger partial charge in [-0.1, -0.05) is 12.1 Å². The van der Waals surface area contributed by atoms with Crippen LogP contribution < -0.4 is 20.9 Å². The van der Waals surface area contributed by atoms with Gasteiger partial charge in [0.1, 0.15) is 11.6 Å². The zero-order chi connectivity index (χ0) is 27.2. The van der Waals surface area contributed by atoms with Crippen LogP contribution >= 0.6 is 11.3 Å². The number of urea groups is 1. The van der Waals surface area contributed by atoms with Gasteiger partial charge in [-0.05, 0) is 47.3 Å². The number of amides is 4. The zero-order valence-corrected chi connectivity index (χ0v) is 20.8. The third-order valence-corrected chi connectivity index (χ3v) is 6.77. The van der Waals surface area contributed by atoms with Gasteiger partial charge in [0, 0.05) is 35.3 Å². The lowest BCUT2D eigenvalue weighted by atomic mass is 10.0. The van der Waals surface area contributed by atoms with Crippen molar-refractivity contribution >= 4 is 46.5 Å². The van der Waals surface area contributed by atoms with Crippen molar-refractivity contribution in [1.29, 1.82) is 0 Å². The first-order chi connectivity index (χ1) is 18.2. The van der Waals surface area contributed by atoms with E-state index in [1.54, 1.807) is 24.3 Å². The van der Waals surface area contributed by atoms with Crippen molar-refractivity contribution in [2.45, 2.75) is 25.4 Å². The molecule has 2 heterocycles. The largest absolute Gasteiger partial charge is 0.481 e. The molecule has 1 aliphatic heterocycles. The van der Waals surface area contributed by atoms with E-state index in [-0.39, 0.29) is 24.4 Å². The van der Waals surface area contributed by atoms with Crippen LogP contribution in [0.5, 0.6) is 0 Å². The topological polar surface area (TPSA) is 128 Å². The van der Waals surface area contributed by atoms with Crippen LogP contribution in [0.25, 0.3) is 0 Å². The van der Waals surface area contributed by atoms with Crippen LogP contribution in [-0.2, 0) is 20.9 Å². The number of anilines is 2. The first kappa shape index (κ1) is 26.7. The van der Waals surface area contributed by atoms with Gasteiger partial charge in [-0.2, -0.15) is 0 Å². The highest BCUT2D eigenvalue weighted by Gasteiger charge is 2.36. The molecule has 0 bridgehead atoms. The van der Waals surface area contributed by atoms with Gasteiger partial charge >= 0.3 is 12.0 Å². The second-order valence-corrected chi connectivity index (χ2v) is 9.74. The quantitative estimate of drug-likeness (QED) is 0.325. The Morgan fingerprint density at radius 2 is 1.84 bits per heavy atom. The maximum Gasteiger partial charge on any atom is 0.319 e. The van der Waals surface area contributed by atoms with Crippen molar-refractivity contribution in [3.8, 4) is 0 Å². The fourth-order valence-electron chi connectivity index (χ4n) is 4.13. The van der Waals surface area contributed by atoms with Crippen molar-refractivity contribution in [1.82, 2.24) is 10.6 Å². The van der Waals surface area contributed by atoms with E-state index in [4.69, 9.17) is 0 Å². The van der Waals surface area contributed by atoms with E-state index in [0.717, 1.165) is 17.0 Å². The first-order valence-corrected chi connectivity index (χ1v) is 12.5. The summed E-state index contributed by atoms with van der Waals surface area (Å²) in [5.41, 5.74) is 0.882. The molecule has 1 fully saturated rings. The second-order valence-electron chi connectivity index (χ2n) is 8.70. The number of carbonyl (C=O) groups is 4. The van der Waals surface area contributed by atoms with Gasteiger partial charge in [0.2, 0.25) is 11.8 Å². The van der Waals surface area contributed by atoms with Crippen LogP contribution in [-0.4, -0.2) is 35.5 Å². The Morgan fingerprint density at radius 1 is 1.08 bits per heavy atom. The Labute approximate surface area is 220 Å². The summed E-state index contributed by atoms with van der Waals surface area (Å²) in [6.07, 6.45) is -0.733. The number of carbonyl (C=O) groups excluding carboxylic acids is 3. The highest BCUT2D eigenvalue weighted by atomic mass is 32.1. The van der Waals surface area contributed by atoms with E-state index in [2.05, 4.69) is 16.0 Å². The number of carboxylic acid groups (broad SMARTS) is 1. The highest BCUT2D eigenvalue weighted by Crippen LogP contribution is 2.28. The Balaban J connectivity index is 1.40. The summed E-state index contributed by atoms with van der Waals surface area (Å²) >= 11 is 1.52. The number of hydrogen-bond donors (Lipinski definition) is 4. The van der Waals surface area contributed by atoms with Crippen LogP contribution in [0.2, 0.25) is 0 Å². The van der Waals surface area contributed by atoms with Crippen molar-refractivity contribution in [3.05, 3.63) is 82.1 Å². The Bertz CT molecular complexity index is 1330. The minimum absolute atomic E-state index is 0.00992. The molecule has 4 rings (SSSR count). The van der Waals surface area contributed by atoms with E-state index in [1.165, 1.54) is 16.2 Å². The summed E-state index contributed by atoms with van der Waals surface area (Å²) < 4.78 is 27.4. The van der Waals surface area contributed by atoms with Gasteiger partial charge in [0.05, 0.1) is 24.9 Å². The molecule has 198 valence electrons. The summed E-state index contributed by atoms with van der Waals surface area (Å²) in [4.78, 5) is 51.6. The molecule has 1 aliphatic rings. The molecule has 3 aromatic rings. The lowest BCUT2D eigenvalue weighted by Gasteiger charge is -2.21. The van der Waals surface area contributed by atoms with Crippen LogP contribution in [0.15, 0.2) is 60.0 Å². The number of aliphatic carboxylic acids is 1. The molecule has 38 heavy (non-hydrogen) atoms. The molecule has 2 atom stereocenters. The normalized spacial score (nSPS) is 15.7. The van der Waals surface area contributed by atoms with E-state index < -0.39 is 47.9 Å². The Hall–Kier alpha value is -4.32. The number of hydrogen-bond acceptors (Lipinski definition) is 5. The molecule has 12 heteroatoms. The average molecular weight is 543 g/mol. The van der Waals surface area contributed by atoms with Gasteiger partial charge in [0.15, 0.2) is 0 Å². The van der Waals surface area contributed by atoms with Gasteiger partial charge in [-0.15, -0.1) is 11.3 Å². The summed E-state index contributed by atoms with van der Waals surface area (Å²) in [6.45, 7) is 0.381. The molecule has 4 amide bonds. The summed E-state index contributed by atoms with van der Waals surface area (Å²) in [6, 6.07) is 11.3. The first-order valence-electron chi connectivity index (χ1n) is 11.6. The number of thiophene rings is 1. The maximum absolute atomic E-state index is 13.7. The van der Waals surface area contributed by atoms with Crippen molar-refractivity contribution in [2.75, 3.05) is 16.8 Å². The number of halogens is 2. The zero-order valence-electron chi connectivity index (χ0n) is 19.9. The molecule has 1 saturated heterocycles. The minimum atomic E-state index is -1.27. The SMILES string of the molecule is O=C(O)CC(NC(=O)C1CC(=O)N(c2cccc(NC(=O)NCc3cccs3)c2)C1)c1cc(F)cc(F)c1. The summed E-state index contributed by atoms with van der Waals surface area (Å²) in [5, 5.41) is 19.1. The molecule has 2 aromatic carbocycles. The Kier molecular flexibility index (Phi) is 8.31. The second kappa shape index (κ2) is 11.8. The molecule has 9 nitrogen and oxygen atoms in total. The number of carboxylic acids is 1. The van der Waals surface area contributed by atoms with Gasteiger partial charge in [-0.25, -0.2) is 13.6 Å². The Morgan fingerprint density at radius 3 is 2.53 bits per heavy atom. The molecule has 1 aromatic heterocycles. The van der Waals surface area contributed by atoms with Crippen LogP contribution in [0.3, 0.4) is 0 Å². The highest BCUT2D eigenvalue weighted by molar-refractivity contribution is 7.09. The smallest absolute Gasteiger partial charge is 0.319 e. The fourth-order valence-corrected chi connectivity index (χ4v) is 4.78. The van der Waals surface area contributed by atoms with E-state index in [1.807, 2.05) is 17.5 Å². The number of rotatable bonds is 9. The standard InChI is InChI=1S/C26H24F2N4O5S/c27-17-7-15(8-18(28)10-17)22(12-24(34)35)31-25(36)16-9-23(33)32(14-16)20-4-1-3-19(11-20)30-26(37)29-13-21-5-2-6-38-21/h1-8,10-11,16,22H,9,12-14H2,(H,31,36)(H,34,35)(H2,29,30,37). The molecular weight excluding hydrogens is 518 g/mol. The van der Waals surface area contributed by atoms with Crippen molar-refractivity contribution in [3.63, 3.8) is 0 Å². The lowest BCUT2D eigenvalue weighted by molar-refractivity contribution is -0.138.